The first-order valence-electron chi connectivity index (χ1n) is 5.22. The van der Waals surface area contributed by atoms with Gasteiger partial charge in [-0.3, -0.25) is 4.68 Å². The average molecular weight is 317 g/mol. The maximum absolute atomic E-state index is 13.7. The molecule has 0 amide bonds. The van der Waals surface area contributed by atoms with E-state index in [1.165, 1.54) is 16.8 Å². The largest absolute Gasteiger partial charge is 0.323 e. The highest BCUT2D eigenvalue weighted by atomic mass is 79.9. The minimum Gasteiger partial charge on any atom is -0.323 e. The predicted octanol–water partition coefficient (Wildman–Crippen LogP) is 2.10. The third kappa shape index (κ3) is 2.73. The van der Waals surface area contributed by atoms with Crippen LogP contribution in [-0.2, 0) is 13.5 Å². The molecule has 0 saturated carbocycles. The second kappa shape index (κ2) is 5.11. The first kappa shape index (κ1) is 13.1. The molecule has 2 N–H and O–H groups in total. The number of hydrogen-bond donors (Lipinski definition) is 1. The van der Waals surface area contributed by atoms with Crippen LogP contribution in [0.2, 0.25) is 0 Å². The summed E-state index contributed by atoms with van der Waals surface area (Å²) in [4.78, 5) is 0. The molecule has 1 atom stereocenters. The fourth-order valence-corrected chi connectivity index (χ4v) is 2.13. The number of aryl methyl sites for hydroxylation is 1. The summed E-state index contributed by atoms with van der Waals surface area (Å²) >= 11 is 3.02. The molecule has 4 nitrogen and oxygen atoms in total. The molecule has 7 heteroatoms. The van der Waals surface area contributed by atoms with Crippen LogP contribution in [0.15, 0.2) is 22.8 Å². The van der Waals surface area contributed by atoms with Gasteiger partial charge in [-0.15, -0.1) is 5.10 Å². The molecule has 0 aliphatic rings. The van der Waals surface area contributed by atoms with E-state index in [9.17, 15) is 8.78 Å². The zero-order valence-electron chi connectivity index (χ0n) is 9.57. The zero-order chi connectivity index (χ0) is 13.3. The Hall–Kier alpha value is -1.34. The molecule has 2 aromatic rings. The van der Waals surface area contributed by atoms with Crippen molar-refractivity contribution in [1.82, 2.24) is 15.0 Å². The number of benzene rings is 1. The molecular weight excluding hydrogens is 306 g/mol. The van der Waals surface area contributed by atoms with Crippen LogP contribution in [0, 0.1) is 11.6 Å². The molecule has 1 heterocycles. The quantitative estimate of drug-likeness (QED) is 0.943. The Labute approximate surface area is 111 Å². The van der Waals surface area contributed by atoms with Gasteiger partial charge in [0.15, 0.2) is 0 Å². The van der Waals surface area contributed by atoms with Crippen molar-refractivity contribution in [2.75, 3.05) is 0 Å². The number of hydrogen-bond acceptors (Lipinski definition) is 3. The van der Waals surface area contributed by atoms with Gasteiger partial charge in [0.25, 0.3) is 0 Å². The highest BCUT2D eigenvalue weighted by Crippen LogP contribution is 2.25. The van der Waals surface area contributed by atoms with Gasteiger partial charge in [-0.2, -0.15) is 0 Å². The van der Waals surface area contributed by atoms with Crippen LogP contribution in [0.5, 0.6) is 0 Å². The van der Waals surface area contributed by atoms with E-state index in [-0.39, 0.29) is 12.0 Å². The molecule has 0 aliphatic carbocycles. The van der Waals surface area contributed by atoms with Crippen LogP contribution in [0.1, 0.15) is 17.3 Å². The van der Waals surface area contributed by atoms with Crippen molar-refractivity contribution in [3.63, 3.8) is 0 Å². The molecule has 1 unspecified atom stereocenters. The van der Waals surface area contributed by atoms with Gasteiger partial charge in [-0.05, 0) is 12.1 Å². The molecule has 96 valence electrons. The molecule has 0 fully saturated rings. The lowest BCUT2D eigenvalue weighted by Gasteiger charge is -2.12. The van der Waals surface area contributed by atoms with Crippen molar-refractivity contribution in [1.29, 1.82) is 0 Å². The highest BCUT2D eigenvalue weighted by molar-refractivity contribution is 9.10. The van der Waals surface area contributed by atoms with Crippen LogP contribution in [0.3, 0.4) is 0 Å². The van der Waals surface area contributed by atoms with Crippen LogP contribution in [0.25, 0.3) is 0 Å². The predicted molar refractivity (Wildman–Crippen MR) is 65.7 cm³/mol. The minimum absolute atomic E-state index is 0.135. The van der Waals surface area contributed by atoms with E-state index in [0.29, 0.717) is 10.2 Å². The van der Waals surface area contributed by atoms with E-state index < -0.39 is 17.7 Å². The molecule has 0 radical (unpaired) electrons. The van der Waals surface area contributed by atoms with Gasteiger partial charge >= 0.3 is 0 Å². The van der Waals surface area contributed by atoms with Gasteiger partial charge in [0, 0.05) is 35.7 Å². The fraction of sp³-hybridized carbons (Fsp3) is 0.273. The molecular formula is C11H11BrF2N4. The summed E-state index contributed by atoms with van der Waals surface area (Å²) in [6, 6.07) is 1.58. The number of aromatic nitrogens is 3. The normalized spacial score (nSPS) is 12.7. The maximum atomic E-state index is 13.7. The Bertz CT molecular complexity index is 547. The fourth-order valence-electron chi connectivity index (χ4n) is 1.72. The van der Waals surface area contributed by atoms with Crippen LogP contribution >= 0.6 is 15.9 Å². The summed E-state index contributed by atoms with van der Waals surface area (Å²) in [5.74, 6) is -1.34. The third-order valence-corrected chi connectivity index (χ3v) is 2.95. The number of nitrogens with two attached hydrogens (primary N) is 1. The Morgan fingerprint density at radius 3 is 2.50 bits per heavy atom. The summed E-state index contributed by atoms with van der Waals surface area (Å²) in [7, 11) is 1.71. The molecule has 2 rings (SSSR count). The maximum Gasteiger partial charge on any atom is 0.132 e. The molecule has 0 aliphatic heterocycles. The van der Waals surface area contributed by atoms with Gasteiger partial charge < -0.3 is 5.73 Å². The second-order valence-corrected chi connectivity index (χ2v) is 4.89. The average Bonchev–Trinajstić information content (AvgIpc) is 2.62. The molecule has 1 aromatic carbocycles. The van der Waals surface area contributed by atoms with Gasteiger partial charge in [0.05, 0.1) is 5.69 Å². The summed E-state index contributed by atoms with van der Waals surface area (Å²) in [5, 5.41) is 7.58. The molecule has 18 heavy (non-hydrogen) atoms. The Kier molecular flexibility index (Phi) is 3.72. The first-order chi connectivity index (χ1) is 8.47. The van der Waals surface area contributed by atoms with E-state index in [1.54, 1.807) is 13.2 Å². The van der Waals surface area contributed by atoms with Crippen LogP contribution in [-0.4, -0.2) is 15.0 Å². The van der Waals surface area contributed by atoms with Crippen molar-refractivity contribution in [3.8, 4) is 0 Å². The first-order valence-corrected chi connectivity index (χ1v) is 6.02. The van der Waals surface area contributed by atoms with Crippen molar-refractivity contribution in [2.24, 2.45) is 12.8 Å². The Morgan fingerprint density at radius 2 is 2.00 bits per heavy atom. The molecule has 1 aromatic heterocycles. The summed E-state index contributed by atoms with van der Waals surface area (Å²) in [5.41, 5.74) is 6.27. The number of halogens is 3. The van der Waals surface area contributed by atoms with E-state index in [2.05, 4.69) is 26.2 Å². The zero-order valence-corrected chi connectivity index (χ0v) is 11.2. The van der Waals surface area contributed by atoms with Gasteiger partial charge in [-0.1, -0.05) is 21.1 Å². The summed E-state index contributed by atoms with van der Waals surface area (Å²) in [6.07, 6.45) is 1.89. The summed E-state index contributed by atoms with van der Waals surface area (Å²) in [6.45, 7) is 0. The SMILES string of the molecule is Cn1cc(CC(N)c2c(F)cc(Br)cc2F)nn1. The minimum atomic E-state index is -0.796. The Morgan fingerprint density at radius 1 is 1.39 bits per heavy atom. The lowest BCUT2D eigenvalue weighted by Crippen LogP contribution is -2.17. The lowest BCUT2D eigenvalue weighted by atomic mass is 10.0. The van der Waals surface area contributed by atoms with E-state index >= 15 is 0 Å². The second-order valence-electron chi connectivity index (χ2n) is 3.98. The molecule has 0 spiro atoms. The van der Waals surface area contributed by atoms with Crippen molar-refractivity contribution < 1.29 is 8.78 Å². The summed E-state index contributed by atoms with van der Waals surface area (Å²) < 4.78 is 29.2. The lowest BCUT2D eigenvalue weighted by molar-refractivity contribution is 0.521. The van der Waals surface area contributed by atoms with Crippen LogP contribution < -0.4 is 5.73 Å². The Balaban J connectivity index is 2.26. The molecule has 0 saturated heterocycles. The highest BCUT2D eigenvalue weighted by Gasteiger charge is 2.19. The van der Waals surface area contributed by atoms with Crippen molar-refractivity contribution in [3.05, 3.63) is 45.7 Å². The molecule has 0 bridgehead atoms. The van der Waals surface area contributed by atoms with E-state index in [4.69, 9.17) is 5.73 Å². The van der Waals surface area contributed by atoms with Gasteiger partial charge in [-0.25, -0.2) is 8.78 Å². The van der Waals surface area contributed by atoms with E-state index in [1.807, 2.05) is 0 Å². The van der Waals surface area contributed by atoms with Gasteiger partial charge in [0.2, 0.25) is 0 Å². The van der Waals surface area contributed by atoms with Crippen molar-refractivity contribution in [2.45, 2.75) is 12.5 Å². The smallest absolute Gasteiger partial charge is 0.132 e. The number of rotatable bonds is 3. The number of nitrogens with zero attached hydrogens (tertiary/aromatic N) is 3. The van der Waals surface area contributed by atoms with Crippen molar-refractivity contribution >= 4 is 15.9 Å². The van der Waals surface area contributed by atoms with Crippen LogP contribution in [0.4, 0.5) is 8.78 Å². The standard InChI is InChI=1S/C11H11BrF2N4/c1-18-5-7(16-17-18)4-10(15)11-8(13)2-6(12)3-9(11)14/h2-3,5,10H,4,15H2,1H3. The van der Waals surface area contributed by atoms with E-state index in [0.717, 1.165) is 0 Å². The monoisotopic (exact) mass is 316 g/mol. The topological polar surface area (TPSA) is 56.7 Å². The third-order valence-electron chi connectivity index (χ3n) is 2.49. The van der Waals surface area contributed by atoms with Gasteiger partial charge in [0.1, 0.15) is 11.6 Å².